The lowest BCUT2D eigenvalue weighted by Gasteiger charge is -2.36. The molecule has 2 atom stereocenters. The van der Waals surface area contributed by atoms with Gasteiger partial charge < -0.3 is 14.6 Å². The molecule has 3 nitrogen and oxygen atoms in total. The Morgan fingerprint density at radius 2 is 1.64 bits per heavy atom. The summed E-state index contributed by atoms with van der Waals surface area (Å²) in [6.45, 7) is 5.74. The fourth-order valence-electron chi connectivity index (χ4n) is 1.25. The molecule has 1 heterocycles. The van der Waals surface area contributed by atoms with Crippen molar-refractivity contribution in [3.05, 3.63) is 0 Å². The lowest BCUT2D eigenvalue weighted by atomic mass is 10.1. The first-order valence-electron chi connectivity index (χ1n) is 4.14. The molecule has 3 heteroatoms. The predicted octanol–water partition coefficient (Wildman–Crippen LogP) is 0.907. The lowest BCUT2D eigenvalue weighted by Crippen LogP contribution is -2.47. The number of aliphatic hydroxyl groups excluding tert-OH is 1. The van der Waals surface area contributed by atoms with Crippen molar-refractivity contribution in [1.82, 2.24) is 0 Å². The highest BCUT2D eigenvalue weighted by Gasteiger charge is 2.31. The molecule has 1 aliphatic heterocycles. The minimum Gasteiger partial charge on any atom is -0.388 e. The van der Waals surface area contributed by atoms with Gasteiger partial charge >= 0.3 is 0 Å². The second kappa shape index (κ2) is 3.52. The average molecular weight is 160 g/mol. The van der Waals surface area contributed by atoms with Gasteiger partial charge in [0, 0.05) is 0 Å². The predicted molar refractivity (Wildman–Crippen MR) is 41.2 cm³/mol. The van der Waals surface area contributed by atoms with Gasteiger partial charge in [-0.25, -0.2) is 0 Å². The summed E-state index contributed by atoms with van der Waals surface area (Å²) < 4.78 is 10.7. The molecule has 0 aromatic heterocycles. The van der Waals surface area contributed by atoms with Crippen LogP contribution in [0, 0.1) is 0 Å². The molecule has 1 rings (SSSR count). The molecule has 1 saturated heterocycles. The van der Waals surface area contributed by atoms with Crippen LogP contribution in [-0.2, 0) is 9.47 Å². The molecule has 1 fully saturated rings. The van der Waals surface area contributed by atoms with E-state index in [2.05, 4.69) is 0 Å². The molecule has 1 N–H and O–H groups in total. The third kappa shape index (κ3) is 1.92. The van der Waals surface area contributed by atoms with Crippen molar-refractivity contribution < 1.29 is 14.6 Å². The van der Waals surface area contributed by atoms with E-state index in [0.29, 0.717) is 0 Å². The number of hydrogen-bond donors (Lipinski definition) is 1. The quantitative estimate of drug-likeness (QED) is 0.619. The van der Waals surface area contributed by atoms with Crippen molar-refractivity contribution in [3.63, 3.8) is 0 Å². The second-order valence-electron chi connectivity index (χ2n) is 3.01. The van der Waals surface area contributed by atoms with E-state index in [9.17, 15) is 5.11 Å². The Balaban J connectivity index is 2.47. The molecule has 0 spiro atoms. The first-order chi connectivity index (χ1) is 5.15. The van der Waals surface area contributed by atoms with E-state index < -0.39 is 6.10 Å². The maximum absolute atomic E-state index is 9.41. The molecule has 0 bridgehead atoms. The Kier molecular flexibility index (Phi) is 2.87. The fourth-order valence-corrected chi connectivity index (χ4v) is 1.25. The van der Waals surface area contributed by atoms with Crippen LogP contribution in [0.2, 0.25) is 0 Å². The SMILES string of the molecule is CC[C@H]1O[C@H](C)[C@@H](O)[C@@H](C)O1. The van der Waals surface area contributed by atoms with Crippen molar-refractivity contribution in [3.8, 4) is 0 Å². The van der Waals surface area contributed by atoms with Crippen LogP contribution in [0.25, 0.3) is 0 Å². The molecule has 1 aliphatic rings. The first-order valence-corrected chi connectivity index (χ1v) is 4.14. The molecule has 0 aliphatic carbocycles. The van der Waals surface area contributed by atoms with E-state index >= 15 is 0 Å². The third-order valence-electron chi connectivity index (χ3n) is 2.03. The maximum Gasteiger partial charge on any atom is 0.158 e. The van der Waals surface area contributed by atoms with Gasteiger partial charge in [0.05, 0.1) is 12.2 Å². The summed E-state index contributed by atoms with van der Waals surface area (Å²) in [7, 11) is 0. The van der Waals surface area contributed by atoms with Gasteiger partial charge in [-0.2, -0.15) is 0 Å². The summed E-state index contributed by atoms with van der Waals surface area (Å²) in [6, 6.07) is 0. The highest BCUT2D eigenvalue weighted by Crippen LogP contribution is 2.19. The van der Waals surface area contributed by atoms with Crippen LogP contribution in [0.4, 0.5) is 0 Å². The highest BCUT2D eigenvalue weighted by atomic mass is 16.7. The monoisotopic (exact) mass is 160 g/mol. The molecular formula is C8H16O3. The van der Waals surface area contributed by atoms with Crippen molar-refractivity contribution in [2.45, 2.75) is 51.8 Å². The average Bonchev–Trinajstić information content (AvgIpc) is 1.99. The standard InChI is InChI=1S/C8H16O3/c1-4-7-10-5(2)8(9)6(3)11-7/h5-9H,4H2,1-3H3/t5-,6-,7-,8+/m1/s1. The topological polar surface area (TPSA) is 38.7 Å². The van der Waals surface area contributed by atoms with Crippen molar-refractivity contribution in [2.75, 3.05) is 0 Å². The van der Waals surface area contributed by atoms with Crippen LogP contribution in [0.15, 0.2) is 0 Å². The molecule has 66 valence electrons. The van der Waals surface area contributed by atoms with Crippen molar-refractivity contribution >= 4 is 0 Å². The zero-order valence-electron chi connectivity index (χ0n) is 7.28. The summed E-state index contributed by atoms with van der Waals surface area (Å²) in [5.41, 5.74) is 0. The van der Waals surface area contributed by atoms with Gasteiger partial charge in [-0.1, -0.05) is 6.92 Å². The van der Waals surface area contributed by atoms with Gasteiger partial charge in [-0.3, -0.25) is 0 Å². The number of rotatable bonds is 1. The Bertz CT molecular complexity index is 115. The molecule has 11 heavy (non-hydrogen) atoms. The van der Waals surface area contributed by atoms with Crippen LogP contribution >= 0.6 is 0 Å². The van der Waals surface area contributed by atoms with Gasteiger partial charge in [0.2, 0.25) is 0 Å². The van der Waals surface area contributed by atoms with Gasteiger partial charge in [0.1, 0.15) is 6.10 Å². The van der Waals surface area contributed by atoms with Crippen molar-refractivity contribution in [1.29, 1.82) is 0 Å². The summed E-state index contributed by atoms with van der Waals surface area (Å²) in [5.74, 6) is 0. The van der Waals surface area contributed by atoms with Crippen LogP contribution in [0.5, 0.6) is 0 Å². The van der Waals surface area contributed by atoms with Gasteiger partial charge in [0.25, 0.3) is 0 Å². The Morgan fingerprint density at radius 3 is 2.00 bits per heavy atom. The Morgan fingerprint density at radius 1 is 1.18 bits per heavy atom. The zero-order valence-corrected chi connectivity index (χ0v) is 7.28. The van der Waals surface area contributed by atoms with Crippen LogP contribution in [0.1, 0.15) is 27.2 Å². The van der Waals surface area contributed by atoms with Crippen LogP contribution in [-0.4, -0.2) is 29.7 Å². The number of ether oxygens (including phenoxy) is 2. The number of aliphatic hydroxyl groups is 1. The highest BCUT2D eigenvalue weighted by molar-refractivity contribution is 4.75. The van der Waals surface area contributed by atoms with E-state index in [1.165, 1.54) is 0 Å². The van der Waals surface area contributed by atoms with E-state index in [4.69, 9.17) is 9.47 Å². The van der Waals surface area contributed by atoms with E-state index in [1.54, 1.807) is 0 Å². The Hall–Kier alpha value is -0.120. The van der Waals surface area contributed by atoms with E-state index in [0.717, 1.165) is 6.42 Å². The first kappa shape index (κ1) is 8.97. The van der Waals surface area contributed by atoms with Crippen LogP contribution < -0.4 is 0 Å². The largest absolute Gasteiger partial charge is 0.388 e. The zero-order chi connectivity index (χ0) is 8.43. The Labute approximate surface area is 67.3 Å². The van der Waals surface area contributed by atoms with Gasteiger partial charge in [-0.05, 0) is 20.3 Å². The third-order valence-corrected chi connectivity index (χ3v) is 2.03. The van der Waals surface area contributed by atoms with Crippen molar-refractivity contribution in [2.24, 2.45) is 0 Å². The number of hydrogen-bond acceptors (Lipinski definition) is 3. The molecule has 0 amide bonds. The van der Waals surface area contributed by atoms with E-state index in [1.807, 2.05) is 20.8 Å². The molecule has 0 unspecified atom stereocenters. The molecule has 0 aromatic carbocycles. The van der Waals surface area contributed by atoms with Crippen LogP contribution in [0.3, 0.4) is 0 Å². The molecule has 0 radical (unpaired) electrons. The molecular weight excluding hydrogens is 144 g/mol. The summed E-state index contributed by atoms with van der Waals surface area (Å²) in [4.78, 5) is 0. The lowest BCUT2D eigenvalue weighted by molar-refractivity contribution is -0.275. The smallest absolute Gasteiger partial charge is 0.158 e. The summed E-state index contributed by atoms with van der Waals surface area (Å²) in [6.07, 6.45) is -0.00454. The maximum atomic E-state index is 9.41. The minimum absolute atomic E-state index is 0.108. The summed E-state index contributed by atoms with van der Waals surface area (Å²) in [5, 5.41) is 9.41. The normalized spacial score (nSPS) is 45.8. The molecule has 0 saturated carbocycles. The van der Waals surface area contributed by atoms with Gasteiger partial charge in [0.15, 0.2) is 6.29 Å². The fraction of sp³-hybridized carbons (Fsp3) is 1.00. The van der Waals surface area contributed by atoms with Gasteiger partial charge in [-0.15, -0.1) is 0 Å². The minimum atomic E-state index is -0.488. The second-order valence-corrected chi connectivity index (χ2v) is 3.01. The van der Waals surface area contributed by atoms with E-state index in [-0.39, 0.29) is 18.5 Å². The molecule has 0 aromatic rings. The summed E-state index contributed by atoms with van der Waals surface area (Å²) >= 11 is 0.